The number of hydrogen-bond donors (Lipinski definition) is 1. The third-order valence-electron chi connectivity index (χ3n) is 3.43. The van der Waals surface area contributed by atoms with Crippen molar-refractivity contribution in [3.63, 3.8) is 0 Å². The number of nitrogens with two attached hydrogens (primary N) is 1. The Hall–Kier alpha value is -2.30. The Kier molecular flexibility index (Phi) is 5.37. The fourth-order valence-corrected chi connectivity index (χ4v) is 2.17. The molecular formula is C16H22N4O. The van der Waals surface area contributed by atoms with Gasteiger partial charge in [0.15, 0.2) is 0 Å². The van der Waals surface area contributed by atoms with E-state index < -0.39 is 0 Å². The molecule has 0 aliphatic heterocycles. The molecule has 5 nitrogen and oxygen atoms in total. The number of hydrogen-bond acceptors (Lipinski definition) is 3. The normalized spacial score (nSPS) is 10.5. The lowest BCUT2D eigenvalue weighted by atomic mass is 10.1. The predicted molar refractivity (Wildman–Crippen MR) is 83.7 cm³/mol. The highest BCUT2D eigenvalue weighted by molar-refractivity contribution is 5.75. The van der Waals surface area contributed by atoms with E-state index >= 15 is 0 Å². The summed E-state index contributed by atoms with van der Waals surface area (Å²) in [5, 5.41) is 4.02. The van der Waals surface area contributed by atoms with Crippen molar-refractivity contribution in [2.75, 3.05) is 19.3 Å². The number of amides is 1. The average molecular weight is 286 g/mol. The van der Waals surface area contributed by atoms with E-state index in [-0.39, 0.29) is 12.5 Å². The zero-order valence-electron chi connectivity index (χ0n) is 12.4. The van der Waals surface area contributed by atoms with Crippen LogP contribution >= 0.6 is 0 Å². The molecule has 0 bridgehead atoms. The summed E-state index contributed by atoms with van der Waals surface area (Å²) in [6, 6.07) is 10.4. The Bertz CT molecular complexity index is 565. The molecule has 5 heteroatoms. The van der Waals surface area contributed by atoms with Crippen molar-refractivity contribution >= 4 is 11.6 Å². The van der Waals surface area contributed by atoms with Crippen LogP contribution < -0.4 is 5.73 Å². The van der Waals surface area contributed by atoms with Gasteiger partial charge < -0.3 is 10.6 Å². The Morgan fingerprint density at radius 2 is 2.05 bits per heavy atom. The molecule has 2 aromatic rings. The molecule has 1 heterocycles. The maximum atomic E-state index is 12.0. The van der Waals surface area contributed by atoms with Crippen molar-refractivity contribution < 1.29 is 4.79 Å². The molecule has 0 aliphatic rings. The molecule has 21 heavy (non-hydrogen) atoms. The van der Waals surface area contributed by atoms with Crippen molar-refractivity contribution in [1.82, 2.24) is 14.7 Å². The van der Waals surface area contributed by atoms with Crippen molar-refractivity contribution in [2.45, 2.75) is 25.8 Å². The number of likely N-dealkylation sites (N-methyl/N-ethyl adjacent to an activating group) is 1. The summed E-state index contributed by atoms with van der Waals surface area (Å²) in [6.07, 6.45) is 6.35. The highest BCUT2D eigenvalue weighted by atomic mass is 16.2. The quantitative estimate of drug-likeness (QED) is 0.791. The van der Waals surface area contributed by atoms with Gasteiger partial charge in [-0.2, -0.15) is 5.10 Å². The van der Waals surface area contributed by atoms with Crippen LogP contribution in [0.4, 0.5) is 5.69 Å². The van der Waals surface area contributed by atoms with E-state index in [1.807, 2.05) is 13.1 Å². The highest BCUT2D eigenvalue weighted by Gasteiger charge is 2.09. The van der Waals surface area contributed by atoms with Gasteiger partial charge in [-0.05, 0) is 24.8 Å². The zero-order valence-corrected chi connectivity index (χ0v) is 12.4. The minimum absolute atomic E-state index is 0.0535. The summed E-state index contributed by atoms with van der Waals surface area (Å²) >= 11 is 0. The summed E-state index contributed by atoms with van der Waals surface area (Å²) in [7, 11) is 1.83. The number of anilines is 1. The molecular weight excluding hydrogens is 264 g/mol. The van der Waals surface area contributed by atoms with Crippen LogP contribution in [0.5, 0.6) is 0 Å². The second kappa shape index (κ2) is 7.47. The van der Waals surface area contributed by atoms with Crippen molar-refractivity contribution in [3.8, 4) is 0 Å². The molecule has 1 aromatic carbocycles. The average Bonchev–Trinajstić information content (AvgIpc) is 2.89. The van der Waals surface area contributed by atoms with Gasteiger partial charge >= 0.3 is 0 Å². The van der Waals surface area contributed by atoms with Gasteiger partial charge in [0.1, 0.15) is 6.54 Å². The summed E-state index contributed by atoms with van der Waals surface area (Å²) in [5.41, 5.74) is 7.50. The first kappa shape index (κ1) is 15.1. The summed E-state index contributed by atoms with van der Waals surface area (Å²) in [5.74, 6) is 0.0535. The molecule has 0 saturated carbocycles. The minimum Gasteiger partial charge on any atom is -0.396 e. The summed E-state index contributed by atoms with van der Waals surface area (Å²) in [6.45, 7) is 1.01. The number of nitrogen functional groups attached to an aromatic ring is 1. The van der Waals surface area contributed by atoms with Gasteiger partial charge in [0.25, 0.3) is 0 Å². The molecule has 2 rings (SSSR count). The SMILES string of the molecule is CN(CCCCc1ccccc1)C(=O)Cn1cc(N)cn1. The number of benzene rings is 1. The van der Waals surface area contributed by atoms with Gasteiger partial charge in [-0.3, -0.25) is 9.48 Å². The van der Waals surface area contributed by atoms with Crippen LogP contribution in [0.2, 0.25) is 0 Å². The highest BCUT2D eigenvalue weighted by Crippen LogP contribution is 2.05. The molecule has 1 aromatic heterocycles. The second-order valence-electron chi connectivity index (χ2n) is 5.23. The predicted octanol–water partition coefficient (Wildman–Crippen LogP) is 1.95. The van der Waals surface area contributed by atoms with Gasteiger partial charge in [-0.25, -0.2) is 0 Å². The van der Waals surface area contributed by atoms with Gasteiger partial charge in [0.2, 0.25) is 5.91 Å². The van der Waals surface area contributed by atoms with Crippen LogP contribution in [0.25, 0.3) is 0 Å². The number of carbonyl (C=O) groups excluding carboxylic acids is 1. The van der Waals surface area contributed by atoms with Crippen LogP contribution in [0.3, 0.4) is 0 Å². The molecule has 0 spiro atoms. The first-order valence-corrected chi connectivity index (χ1v) is 7.21. The molecule has 0 fully saturated rings. The molecule has 0 atom stereocenters. The summed E-state index contributed by atoms with van der Waals surface area (Å²) in [4.78, 5) is 13.8. The van der Waals surface area contributed by atoms with E-state index in [0.29, 0.717) is 5.69 Å². The van der Waals surface area contributed by atoms with E-state index in [0.717, 1.165) is 25.8 Å². The monoisotopic (exact) mass is 286 g/mol. The van der Waals surface area contributed by atoms with Crippen molar-refractivity contribution in [1.29, 1.82) is 0 Å². The van der Waals surface area contributed by atoms with E-state index in [9.17, 15) is 4.79 Å². The molecule has 1 amide bonds. The number of carbonyl (C=O) groups is 1. The third-order valence-corrected chi connectivity index (χ3v) is 3.43. The first-order chi connectivity index (χ1) is 10.1. The maximum absolute atomic E-state index is 12.0. The Morgan fingerprint density at radius 3 is 2.71 bits per heavy atom. The number of unbranched alkanes of at least 4 members (excludes halogenated alkanes) is 1. The minimum atomic E-state index is 0.0535. The standard InChI is InChI=1S/C16H22N4O/c1-19(16(21)13-20-12-15(17)11-18-20)10-6-5-9-14-7-3-2-4-8-14/h2-4,7-8,11-12H,5-6,9-10,13,17H2,1H3. The summed E-state index contributed by atoms with van der Waals surface area (Å²) < 4.78 is 1.57. The molecule has 112 valence electrons. The maximum Gasteiger partial charge on any atom is 0.244 e. The van der Waals surface area contributed by atoms with E-state index in [2.05, 4.69) is 29.4 Å². The lowest BCUT2D eigenvalue weighted by Gasteiger charge is -2.17. The fourth-order valence-electron chi connectivity index (χ4n) is 2.17. The van der Waals surface area contributed by atoms with Crippen LogP contribution in [-0.4, -0.2) is 34.2 Å². The lowest BCUT2D eigenvalue weighted by molar-refractivity contribution is -0.130. The smallest absolute Gasteiger partial charge is 0.244 e. The number of aryl methyl sites for hydroxylation is 1. The fraction of sp³-hybridized carbons (Fsp3) is 0.375. The second-order valence-corrected chi connectivity index (χ2v) is 5.23. The van der Waals surface area contributed by atoms with Crippen LogP contribution in [-0.2, 0) is 17.8 Å². The van der Waals surface area contributed by atoms with Gasteiger partial charge in [0.05, 0.1) is 11.9 Å². The van der Waals surface area contributed by atoms with E-state index in [4.69, 9.17) is 5.73 Å². The molecule has 0 aliphatic carbocycles. The number of nitrogens with zero attached hydrogens (tertiary/aromatic N) is 3. The number of aromatic nitrogens is 2. The van der Waals surface area contributed by atoms with Crippen molar-refractivity contribution in [3.05, 3.63) is 48.3 Å². The first-order valence-electron chi connectivity index (χ1n) is 7.21. The van der Waals surface area contributed by atoms with E-state index in [1.54, 1.807) is 22.0 Å². The van der Waals surface area contributed by atoms with Crippen LogP contribution in [0.15, 0.2) is 42.7 Å². The Balaban J connectivity index is 1.67. The Labute approximate surface area is 125 Å². The van der Waals surface area contributed by atoms with Crippen LogP contribution in [0.1, 0.15) is 18.4 Å². The van der Waals surface area contributed by atoms with Crippen LogP contribution in [0, 0.1) is 0 Å². The third kappa shape index (κ3) is 4.95. The van der Waals surface area contributed by atoms with Crippen molar-refractivity contribution in [2.24, 2.45) is 0 Å². The Morgan fingerprint density at radius 1 is 1.29 bits per heavy atom. The molecule has 0 saturated heterocycles. The van der Waals surface area contributed by atoms with Gasteiger partial charge in [0, 0.05) is 19.8 Å². The van der Waals surface area contributed by atoms with Gasteiger partial charge in [-0.1, -0.05) is 30.3 Å². The molecule has 2 N–H and O–H groups in total. The number of rotatable bonds is 7. The topological polar surface area (TPSA) is 64.2 Å². The molecule has 0 radical (unpaired) electrons. The van der Waals surface area contributed by atoms with Gasteiger partial charge in [-0.15, -0.1) is 0 Å². The van der Waals surface area contributed by atoms with E-state index in [1.165, 1.54) is 5.56 Å². The molecule has 0 unspecified atom stereocenters. The lowest BCUT2D eigenvalue weighted by Crippen LogP contribution is -2.31. The largest absolute Gasteiger partial charge is 0.396 e. The zero-order chi connectivity index (χ0) is 15.1.